The first kappa shape index (κ1) is 24.6. The minimum Gasteiger partial charge on any atom is -0.483 e. The summed E-state index contributed by atoms with van der Waals surface area (Å²) in [4.78, 5) is 57.3. The van der Waals surface area contributed by atoms with Gasteiger partial charge in [0.05, 0.1) is 0 Å². The van der Waals surface area contributed by atoms with Gasteiger partial charge in [0.2, 0.25) is 0 Å². The van der Waals surface area contributed by atoms with E-state index in [0.717, 1.165) is 13.8 Å². The van der Waals surface area contributed by atoms with Crippen molar-refractivity contribution in [3.05, 3.63) is 41.2 Å². The quantitative estimate of drug-likeness (QED) is 0.328. The van der Waals surface area contributed by atoms with Gasteiger partial charge in [-0.05, 0) is 11.6 Å². The Morgan fingerprint density at radius 2 is 1.50 bits per heavy atom. The summed E-state index contributed by atoms with van der Waals surface area (Å²) in [5, 5.41) is 0. The molecule has 1 heterocycles. The Labute approximate surface area is 184 Å². The van der Waals surface area contributed by atoms with Crippen LogP contribution in [0.4, 0.5) is 0 Å². The van der Waals surface area contributed by atoms with Crippen molar-refractivity contribution >= 4 is 36.2 Å². The highest BCUT2D eigenvalue weighted by atomic mass is 16.7. The third kappa shape index (κ3) is 6.93. The van der Waals surface area contributed by atoms with E-state index >= 15 is 0 Å². The monoisotopic (exact) mass is 448 g/mol. The molecule has 1 aliphatic heterocycles. The average Bonchev–Trinajstić information content (AvgIpc) is 3.01. The van der Waals surface area contributed by atoms with Crippen LogP contribution in [-0.4, -0.2) is 61.2 Å². The number of rotatable bonds is 8. The molecule has 0 saturated carbocycles. The van der Waals surface area contributed by atoms with Gasteiger partial charge in [-0.15, -0.1) is 0 Å². The summed E-state index contributed by atoms with van der Waals surface area (Å²) in [6.45, 7) is 4.31. The maximum absolute atomic E-state index is 11.8. The lowest BCUT2D eigenvalue weighted by Gasteiger charge is -2.27. The van der Waals surface area contributed by atoms with Gasteiger partial charge in [-0.25, -0.2) is 0 Å². The van der Waals surface area contributed by atoms with Gasteiger partial charge in [0, 0.05) is 33.3 Å². The number of benzene rings is 1. The number of aldehydes is 1. The van der Waals surface area contributed by atoms with E-state index in [9.17, 15) is 24.0 Å². The predicted molar refractivity (Wildman–Crippen MR) is 108 cm³/mol. The Hall–Kier alpha value is -3.69. The first-order valence-electron chi connectivity index (χ1n) is 9.69. The van der Waals surface area contributed by atoms with E-state index in [-0.39, 0.29) is 12.4 Å². The third-order valence-electron chi connectivity index (χ3n) is 4.29. The van der Waals surface area contributed by atoms with Gasteiger partial charge in [-0.3, -0.25) is 24.0 Å². The number of carbonyl (C=O) groups excluding carboxylic acids is 5. The SMILES string of the molecule is CC(=O)OC[C@@H](OC(C)=O)[C@H]1O/C(=C\c2ccc(C=O)cc2)[C@H](OC(C)=O)[C@H]1OC(C)=O. The molecule has 1 saturated heterocycles. The first-order chi connectivity index (χ1) is 15.1. The van der Waals surface area contributed by atoms with Crippen molar-refractivity contribution in [2.24, 2.45) is 0 Å². The van der Waals surface area contributed by atoms with Crippen LogP contribution in [-0.2, 0) is 42.9 Å². The van der Waals surface area contributed by atoms with Crippen molar-refractivity contribution in [2.45, 2.75) is 52.1 Å². The number of ether oxygens (including phenoxy) is 5. The van der Waals surface area contributed by atoms with Gasteiger partial charge >= 0.3 is 23.9 Å². The van der Waals surface area contributed by atoms with E-state index in [2.05, 4.69) is 0 Å². The molecular formula is C22H24O10. The molecule has 1 aromatic rings. The van der Waals surface area contributed by atoms with Crippen LogP contribution in [0.1, 0.15) is 43.6 Å². The van der Waals surface area contributed by atoms with Crippen molar-refractivity contribution in [1.82, 2.24) is 0 Å². The lowest BCUT2D eigenvalue weighted by Crippen LogP contribution is -2.46. The van der Waals surface area contributed by atoms with Crippen molar-refractivity contribution in [3.8, 4) is 0 Å². The Morgan fingerprint density at radius 3 is 2.00 bits per heavy atom. The number of esters is 4. The fourth-order valence-electron chi connectivity index (χ4n) is 3.10. The van der Waals surface area contributed by atoms with Gasteiger partial charge in [-0.1, -0.05) is 24.3 Å². The van der Waals surface area contributed by atoms with Crippen molar-refractivity contribution in [2.75, 3.05) is 6.61 Å². The molecule has 0 N–H and O–H groups in total. The standard InChI is InChI=1S/C22H24O10/c1-12(24)28-11-19(29-13(2)25)21-22(31-15(4)27)20(30-14(3)26)18(32-21)9-16-5-7-17(10-23)8-6-16/h5-10,19-22H,11H2,1-4H3/b18-9-/t19-,20+,21-,22-/m1/s1. The lowest BCUT2D eigenvalue weighted by molar-refractivity contribution is -0.176. The van der Waals surface area contributed by atoms with Crippen LogP contribution in [0.3, 0.4) is 0 Å². The Bertz CT molecular complexity index is 902. The van der Waals surface area contributed by atoms with Gasteiger partial charge in [0.1, 0.15) is 18.7 Å². The van der Waals surface area contributed by atoms with Gasteiger partial charge in [-0.2, -0.15) is 0 Å². The zero-order valence-corrected chi connectivity index (χ0v) is 18.1. The second-order valence-electron chi connectivity index (χ2n) is 6.97. The summed E-state index contributed by atoms with van der Waals surface area (Å²) >= 11 is 0. The molecule has 32 heavy (non-hydrogen) atoms. The third-order valence-corrected chi connectivity index (χ3v) is 4.29. The number of hydrogen-bond acceptors (Lipinski definition) is 10. The van der Waals surface area contributed by atoms with E-state index in [1.807, 2.05) is 0 Å². The van der Waals surface area contributed by atoms with E-state index in [1.54, 1.807) is 24.3 Å². The van der Waals surface area contributed by atoms with Gasteiger partial charge in [0.15, 0.2) is 24.4 Å². The first-order valence-corrected chi connectivity index (χ1v) is 9.69. The van der Waals surface area contributed by atoms with Crippen molar-refractivity contribution in [1.29, 1.82) is 0 Å². The fraction of sp³-hybridized carbons (Fsp3) is 0.409. The Kier molecular flexibility index (Phi) is 8.51. The lowest BCUT2D eigenvalue weighted by atomic mass is 10.0. The molecule has 172 valence electrons. The number of carbonyl (C=O) groups is 5. The van der Waals surface area contributed by atoms with Crippen LogP contribution < -0.4 is 0 Å². The summed E-state index contributed by atoms with van der Waals surface area (Å²) in [6, 6.07) is 6.44. The van der Waals surface area contributed by atoms with Crippen LogP contribution in [0.15, 0.2) is 30.0 Å². The van der Waals surface area contributed by atoms with E-state index in [1.165, 1.54) is 19.9 Å². The molecule has 0 aliphatic carbocycles. The molecule has 1 fully saturated rings. The summed E-state index contributed by atoms with van der Waals surface area (Å²) in [7, 11) is 0. The highest BCUT2D eigenvalue weighted by Crippen LogP contribution is 2.34. The summed E-state index contributed by atoms with van der Waals surface area (Å²) in [6.07, 6.45) is -2.39. The molecule has 0 radical (unpaired) electrons. The smallest absolute Gasteiger partial charge is 0.303 e. The van der Waals surface area contributed by atoms with Crippen LogP contribution in [0.5, 0.6) is 0 Å². The molecule has 4 atom stereocenters. The molecule has 0 spiro atoms. The molecule has 0 amide bonds. The van der Waals surface area contributed by atoms with Crippen molar-refractivity contribution in [3.63, 3.8) is 0 Å². The predicted octanol–water partition coefficient (Wildman–Crippen LogP) is 1.60. The second-order valence-corrected chi connectivity index (χ2v) is 6.97. The van der Waals surface area contributed by atoms with Crippen LogP contribution in [0.2, 0.25) is 0 Å². The zero-order valence-electron chi connectivity index (χ0n) is 18.1. The summed E-state index contributed by atoms with van der Waals surface area (Å²) < 4.78 is 26.8. The van der Waals surface area contributed by atoms with Crippen LogP contribution >= 0.6 is 0 Å². The largest absolute Gasteiger partial charge is 0.483 e. The number of hydrogen-bond donors (Lipinski definition) is 0. The van der Waals surface area contributed by atoms with Gasteiger partial charge < -0.3 is 23.7 Å². The van der Waals surface area contributed by atoms with Gasteiger partial charge in [0.25, 0.3) is 0 Å². The summed E-state index contributed by atoms with van der Waals surface area (Å²) in [5.74, 6) is -2.53. The highest BCUT2D eigenvalue weighted by Gasteiger charge is 2.51. The summed E-state index contributed by atoms with van der Waals surface area (Å²) in [5.41, 5.74) is 1.07. The van der Waals surface area contributed by atoms with Crippen LogP contribution in [0, 0.1) is 0 Å². The van der Waals surface area contributed by atoms with E-state index in [0.29, 0.717) is 17.4 Å². The molecule has 1 aromatic carbocycles. The topological polar surface area (TPSA) is 132 Å². The highest BCUT2D eigenvalue weighted by molar-refractivity contribution is 5.75. The zero-order chi connectivity index (χ0) is 23.8. The average molecular weight is 448 g/mol. The van der Waals surface area contributed by atoms with E-state index in [4.69, 9.17) is 23.7 Å². The molecule has 0 unspecified atom stereocenters. The Balaban J connectivity index is 2.47. The normalized spacial score (nSPS) is 21.8. The minimum atomic E-state index is -1.18. The maximum Gasteiger partial charge on any atom is 0.303 e. The second kappa shape index (κ2) is 11.1. The minimum absolute atomic E-state index is 0.121. The molecule has 10 nitrogen and oxygen atoms in total. The molecule has 10 heteroatoms. The molecule has 0 bridgehead atoms. The van der Waals surface area contributed by atoms with Crippen LogP contribution in [0.25, 0.3) is 6.08 Å². The maximum atomic E-state index is 11.8. The molecule has 1 aliphatic rings. The molecule has 0 aromatic heterocycles. The van der Waals surface area contributed by atoms with Crippen molar-refractivity contribution < 1.29 is 47.7 Å². The molecule has 2 rings (SSSR count). The Morgan fingerprint density at radius 1 is 0.906 bits per heavy atom. The fourth-order valence-corrected chi connectivity index (χ4v) is 3.10. The molecular weight excluding hydrogens is 424 g/mol. The van der Waals surface area contributed by atoms with E-state index < -0.39 is 48.3 Å².